The number of aryl methyl sites for hydroxylation is 1. The number of nitrogens with zero attached hydrogens (tertiary/aromatic N) is 1. The van der Waals surface area contributed by atoms with Crippen molar-refractivity contribution in [3.8, 4) is 5.75 Å². The summed E-state index contributed by atoms with van der Waals surface area (Å²) in [6, 6.07) is 8.73. The largest absolute Gasteiger partial charge is 0.507 e. The molecule has 1 aliphatic rings. The van der Waals surface area contributed by atoms with Crippen LogP contribution in [0.3, 0.4) is 0 Å². The molecule has 0 atom stereocenters. The van der Waals surface area contributed by atoms with Gasteiger partial charge in [-0.1, -0.05) is 6.07 Å². The minimum absolute atomic E-state index is 0.0590. The van der Waals surface area contributed by atoms with Crippen molar-refractivity contribution in [3.05, 3.63) is 51.5 Å². The number of halogens is 1. The fourth-order valence-corrected chi connectivity index (χ4v) is 2.84. The first kappa shape index (κ1) is 13.9. The molecule has 2 aromatic rings. The standard InChI is InChI=1S/C16H15BrN2O2/c1-9-6-10-4-5-19(14(10)8-13(9)18)16(21)11-2-3-12(17)15(20)7-11/h2-3,6-8,20H,4-5,18H2,1H3. The summed E-state index contributed by atoms with van der Waals surface area (Å²) in [5.41, 5.74) is 10.1. The molecule has 0 unspecified atom stereocenters. The summed E-state index contributed by atoms with van der Waals surface area (Å²) >= 11 is 3.21. The average molecular weight is 347 g/mol. The molecular formula is C16H15BrN2O2. The van der Waals surface area contributed by atoms with Crippen LogP contribution in [0.25, 0.3) is 0 Å². The molecule has 0 saturated carbocycles. The van der Waals surface area contributed by atoms with Gasteiger partial charge in [0.15, 0.2) is 0 Å². The molecule has 4 nitrogen and oxygen atoms in total. The Kier molecular flexibility index (Phi) is 3.37. The number of rotatable bonds is 1. The molecule has 0 aliphatic carbocycles. The van der Waals surface area contributed by atoms with E-state index in [1.165, 1.54) is 6.07 Å². The summed E-state index contributed by atoms with van der Waals surface area (Å²) in [6.45, 7) is 2.60. The Morgan fingerprint density at radius 3 is 2.81 bits per heavy atom. The number of phenolic OH excluding ortho intramolecular Hbond substituents is 1. The van der Waals surface area contributed by atoms with Crippen LogP contribution in [-0.2, 0) is 6.42 Å². The summed E-state index contributed by atoms with van der Waals surface area (Å²) in [4.78, 5) is 14.3. The molecule has 1 aliphatic heterocycles. The average Bonchev–Trinajstić information content (AvgIpc) is 2.84. The molecule has 2 aromatic carbocycles. The topological polar surface area (TPSA) is 66.6 Å². The normalized spacial score (nSPS) is 13.3. The molecule has 108 valence electrons. The molecule has 0 aromatic heterocycles. The zero-order valence-electron chi connectivity index (χ0n) is 11.6. The minimum Gasteiger partial charge on any atom is -0.507 e. The van der Waals surface area contributed by atoms with Gasteiger partial charge in [0, 0.05) is 23.5 Å². The van der Waals surface area contributed by atoms with Crippen molar-refractivity contribution in [1.29, 1.82) is 0 Å². The highest BCUT2D eigenvalue weighted by molar-refractivity contribution is 9.10. The van der Waals surface area contributed by atoms with Crippen LogP contribution in [-0.4, -0.2) is 17.6 Å². The summed E-state index contributed by atoms with van der Waals surface area (Å²) in [5, 5.41) is 9.73. The maximum Gasteiger partial charge on any atom is 0.258 e. The molecule has 0 spiro atoms. The first-order chi connectivity index (χ1) is 9.97. The predicted octanol–water partition coefficient (Wildman–Crippen LogP) is 3.25. The molecule has 0 saturated heterocycles. The van der Waals surface area contributed by atoms with E-state index >= 15 is 0 Å². The van der Waals surface area contributed by atoms with Crippen molar-refractivity contribution in [1.82, 2.24) is 0 Å². The molecule has 0 fully saturated rings. The number of nitrogen functional groups attached to an aromatic ring is 1. The highest BCUT2D eigenvalue weighted by Crippen LogP contribution is 2.34. The number of carbonyl (C=O) groups is 1. The van der Waals surface area contributed by atoms with E-state index in [4.69, 9.17) is 5.73 Å². The first-order valence-electron chi connectivity index (χ1n) is 6.67. The monoisotopic (exact) mass is 346 g/mol. The van der Waals surface area contributed by atoms with Crippen LogP contribution in [0.2, 0.25) is 0 Å². The maximum atomic E-state index is 12.6. The van der Waals surface area contributed by atoms with Crippen LogP contribution >= 0.6 is 15.9 Å². The van der Waals surface area contributed by atoms with Crippen LogP contribution in [0.15, 0.2) is 34.8 Å². The number of amides is 1. The molecule has 21 heavy (non-hydrogen) atoms. The van der Waals surface area contributed by atoms with Gasteiger partial charge in [0.2, 0.25) is 0 Å². The molecule has 3 rings (SSSR count). The van der Waals surface area contributed by atoms with Gasteiger partial charge in [0.05, 0.1) is 4.47 Å². The third-order valence-electron chi connectivity index (χ3n) is 3.80. The molecule has 1 amide bonds. The summed E-state index contributed by atoms with van der Waals surface area (Å²) in [7, 11) is 0. The number of anilines is 2. The van der Waals surface area contributed by atoms with Crippen molar-refractivity contribution < 1.29 is 9.90 Å². The number of nitrogens with two attached hydrogens (primary N) is 1. The second kappa shape index (κ2) is 5.07. The Morgan fingerprint density at radius 1 is 1.33 bits per heavy atom. The minimum atomic E-state index is -0.125. The highest BCUT2D eigenvalue weighted by atomic mass is 79.9. The van der Waals surface area contributed by atoms with E-state index in [1.54, 1.807) is 17.0 Å². The van der Waals surface area contributed by atoms with Gasteiger partial charge < -0.3 is 15.7 Å². The summed E-state index contributed by atoms with van der Waals surface area (Å²) in [6.07, 6.45) is 0.824. The van der Waals surface area contributed by atoms with Crippen molar-refractivity contribution in [2.24, 2.45) is 0 Å². The lowest BCUT2D eigenvalue weighted by molar-refractivity contribution is 0.0989. The Morgan fingerprint density at radius 2 is 2.10 bits per heavy atom. The summed E-state index contributed by atoms with van der Waals surface area (Å²) < 4.78 is 0.570. The lowest BCUT2D eigenvalue weighted by Gasteiger charge is -2.18. The number of benzene rings is 2. The SMILES string of the molecule is Cc1cc2c(cc1N)N(C(=O)c1ccc(Br)c(O)c1)CC2. The second-order valence-corrected chi connectivity index (χ2v) is 6.06. The Balaban J connectivity index is 1.98. The van der Waals surface area contributed by atoms with E-state index in [1.807, 2.05) is 19.1 Å². The van der Waals surface area contributed by atoms with Crippen LogP contribution in [0, 0.1) is 6.92 Å². The first-order valence-corrected chi connectivity index (χ1v) is 7.46. The fourth-order valence-electron chi connectivity index (χ4n) is 2.59. The molecule has 3 N–H and O–H groups in total. The number of hydrogen-bond acceptors (Lipinski definition) is 3. The van der Waals surface area contributed by atoms with Crippen LogP contribution < -0.4 is 10.6 Å². The third kappa shape index (κ3) is 2.38. The molecule has 5 heteroatoms. The number of carbonyl (C=O) groups excluding carboxylic acids is 1. The molecule has 0 bridgehead atoms. The molecule has 0 radical (unpaired) electrons. The Labute approximate surface area is 131 Å². The second-order valence-electron chi connectivity index (χ2n) is 5.21. The Bertz CT molecular complexity index is 743. The Hall–Kier alpha value is -2.01. The highest BCUT2D eigenvalue weighted by Gasteiger charge is 2.26. The fraction of sp³-hybridized carbons (Fsp3) is 0.188. The van der Waals surface area contributed by atoms with Crippen molar-refractivity contribution in [2.75, 3.05) is 17.2 Å². The van der Waals surface area contributed by atoms with E-state index in [2.05, 4.69) is 15.9 Å². The zero-order chi connectivity index (χ0) is 15.1. The number of phenols is 1. The third-order valence-corrected chi connectivity index (χ3v) is 4.47. The van der Waals surface area contributed by atoms with Crippen LogP contribution in [0.5, 0.6) is 5.75 Å². The van der Waals surface area contributed by atoms with E-state index < -0.39 is 0 Å². The van der Waals surface area contributed by atoms with Crippen LogP contribution in [0.4, 0.5) is 11.4 Å². The van der Waals surface area contributed by atoms with Crippen molar-refractivity contribution in [3.63, 3.8) is 0 Å². The van der Waals surface area contributed by atoms with Gasteiger partial charge in [0.25, 0.3) is 5.91 Å². The van der Waals surface area contributed by atoms with Gasteiger partial charge in [-0.05, 0) is 64.7 Å². The zero-order valence-corrected chi connectivity index (χ0v) is 13.1. The number of fused-ring (bicyclic) bond motifs is 1. The van der Waals surface area contributed by atoms with E-state index in [0.717, 1.165) is 23.2 Å². The van der Waals surface area contributed by atoms with Gasteiger partial charge >= 0.3 is 0 Å². The predicted molar refractivity (Wildman–Crippen MR) is 86.8 cm³/mol. The van der Waals surface area contributed by atoms with Gasteiger partial charge in [-0.25, -0.2) is 0 Å². The van der Waals surface area contributed by atoms with Gasteiger partial charge in [-0.15, -0.1) is 0 Å². The van der Waals surface area contributed by atoms with Crippen molar-refractivity contribution in [2.45, 2.75) is 13.3 Å². The quantitative estimate of drug-likeness (QED) is 0.779. The lowest BCUT2D eigenvalue weighted by Crippen LogP contribution is -2.28. The van der Waals surface area contributed by atoms with E-state index in [0.29, 0.717) is 22.3 Å². The number of aromatic hydroxyl groups is 1. The summed E-state index contributed by atoms with van der Waals surface area (Å²) in [5.74, 6) is -0.0662. The maximum absolute atomic E-state index is 12.6. The van der Waals surface area contributed by atoms with Gasteiger partial charge in [-0.3, -0.25) is 4.79 Å². The molecule has 1 heterocycles. The van der Waals surface area contributed by atoms with Crippen LogP contribution in [0.1, 0.15) is 21.5 Å². The van der Waals surface area contributed by atoms with E-state index in [-0.39, 0.29) is 11.7 Å². The van der Waals surface area contributed by atoms with Crippen molar-refractivity contribution >= 4 is 33.2 Å². The van der Waals surface area contributed by atoms with Gasteiger partial charge in [0.1, 0.15) is 5.75 Å². The molecular weight excluding hydrogens is 332 g/mol. The lowest BCUT2D eigenvalue weighted by atomic mass is 10.1. The van der Waals surface area contributed by atoms with E-state index in [9.17, 15) is 9.90 Å². The smallest absolute Gasteiger partial charge is 0.258 e. The van der Waals surface area contributed by atoms with Gasteiger partial charge in [-0.2, -0.15) is 0 Å². The number of hydrogen-bond donors (Lipinski definition) is 2.